The second-order valence-corrected chi connectivity index (χ2v) is 7.10. The molecule has 1 aromatic rings. The lowest BCUT2D eigenvalue weighted by atomic mass is 10.0. The fourth-order valence-corrected chi connectivity index (χ4v) is 3.53. The number of halogens is 1. The molecule has 2 aliphatic rings. The van der Waals surface area contributed by atoms with Crippen molar-refractivity contribution in [3.05, 3.63) is 35.7 Å². The zero-order chi connectivity index (χ0) is 20.1. The van der Waals surface area contributed by atoms with Crippen molar-refractivity contribution >= 4 is 35.3 Å². The average Bonchev–Trinajstić information content (AvgIpc) is 3.03. The van der Waals surface area contributed by atoms with Crippen LogP contribution in [0.25, 0.3) is 0 Å². The number of allylic oxidation sites excluding steroid dienone is 1. The topological polar surface area (TPSA) is 85.7 Å². The van der Waals surface area contributed by atoms with Gasteiger partial charge in [0.05, 0.1) is 24.0 Å². The minimum atomic E-state index is -0.529. The third-order valence-corrected chi connectivity index (χ3v) is 5.03. The Kier molecular flexibility index (Phi) is 6.41. The fourth-order valence-electron chi connectivity index (χ4n) is 3.41. The Morgan fingerprint density at radius 1 is 1.43 bits per heavy atom. The molecule has 3 rings (SSSR count). The van der Waals surface area contributed by atoms with Crippen LogP contribution in [0, 0.1) is 17.1 Å². The first-order valence-electron chi connectivity index (χ1n) is 9.05. The van der Waals surface area contributed by atoms with Crippen molar-refractivity contribution < 1.29 is 18.7 Å². The predicted molar refractivity (Wildman–Crippen MR) is 106 cm³/mol. The van der Waals surface area contributed by atoms with Gasteiger partial charge in [0.15, 0.2) is 0 Å². The van der Waals surface area contributed by atoms with Crippen LogP contribution < -0.4 is 15.1 Å². The van der Waals surface area contributed by atoms with E-state index in [9.17, 15) is 14.0 Å². The lowest BCUT2D eigenvalue weighted by Gasteiger charge is -2.30. The van der Waals surface area contributed by atoms with E-state index in [1.807, 2.05) is 11.0 Å². The number of amides is 2. The summed E-state index contributed by atoms with van der Waals surface area (Å²) >= 11 is 3.62. The SMILES string of the molecule is N#CC=C1CCN(c2ccc(N3C[C@H](CCNC(=O)S)OC3=O)cc2F)CC1. The van der Waals surface area contributed by atoms with Gasteiger partial charge in [0, 0.05) is 32.1 Å². The highest BCUT2D eigenvalue weighted by Crippen LogP contribution is 2.30. The molecule has 0 unspecified atom stereocenters. The van der Waals surface area contributed by atoms with Gasteiger partial charge in [0.2, 0.25) is 0 Å². The smallest absolute Gasteiger partial charge is 0.414 e. The molecule has 0 aliphatic carbocycles. The summed E-state index contributed by atoms with van der Waals surface area (Å²) in [5.41, 5.74) is 2.00. The number of nitriles is 1. The number of anilines is 2. The van der Waals surface area contributed by atoms with E-state index in [4.69, 9.17) is 10.00 Å². The summed E-state index contributed by atoms with van der Waals surface area (Å²) in [7, 11) is 0. The van der Waals surface area contributed by atoms with E-state index in [2.05, 4.69) is 17.9 Å². The molecule has 0 spiro atoms. The summed E-state index contributed by atoms with van der Waals surface area (Å²) in [5, 5.41) is 10.8. The largest absolute Gasteiger partial charge is 0.444 e. The molecule has 0 radical (unpaired) electrons. The molecule has 148 valence electrons. The maximum Gasteiger partial charge on any atom is 0.414 e. The van der Waals surface area contributed by atoms with Crippen molar-refractivity contribution in [3.63, 3.8) is 0 Å². The second kappa shape index (κ2) is 8.97. The highest BCUT2D eigenvalue weighted by molar-refractivity contribution is 7.96. The molecule has 1 N–H and O–H groups in total. The Balaban J connectivity index is 1.63. The number of hydrogen-bond acceptors (Lipinski definition) is 5. The van der Waals surface area contributed by atoms with Gasteiger partial charge in [-0.2, -0.15) is 5.26 Å². The van der Waals surface area contributed by atoms with E-state index in [-0.39, 0.29) is 6.10 Å². The number of nitrogens with one attached hydrogen (secondary N) is 1. The zero-order valence-electron chi connectivity index (χ0n) is 15.2. The van der Waals surface area contributed by atoms with Crippen molar-refractivity contribution in [1.82, 2.24) is 5.32 Å². The quantitative estimate of drug-likeness (QED) is 0.581. The number of carbonyl (C=O) groups excluding carboxylic acids is 2. The minimum Gasteiger partial charge on any atom is -0.444 e. The van der Waals surface area contributed by atoms with Crippen LogP contribution in [0.2, 0.25) is 0 Å². The van der Waals surface area contributed by atoms with Gasteiger partial charge < -0.3 is 15.0 Å². The number of carbonyl (C=O) groups is 2. The molecule has 0 saturated carbocycles. The lowest BCUT2D eigenvalue weighted by molar-refractivity contribution is 0.137. The maximum absolute atomic E-state index is 14.7. The third-order valence-electron chi connectivity index (χ3n) is 4.87. The molecule has 2 saturated heterocycles. The Morgan fingerprint density at radius 3 is 2.82 bits per heavy atom. The average molecular weight is 404 g/mol. The van der Waals surface area contributed by atoms with Crippen LogP contribution in [0.15, 0.2) is 29.8 Å². The van der Waals surface area contributed by atoms with Gasteiger partial charge in [0.1, 0.15) is 11.9 Å². The van der Waals surface area contributed by atoms with Gasteiger partial charge in [-0.25, -0.2) is 9.18 Å². The van der Waals surface area contributed by atoms with E-state index in [1.165, 1.54) is 11.0 Å². The number of thiol groups is 1. The molecule has 0 aromatic heterocycles. The van der Waals surface area contributed by atoms with Crippen molar-refractivity contribution in [3.8, 4) is 6.07 Å². The van der Waals surface area contributed by atoms with E-state index in [1.54, 1.807) is 18.2 Å². The summed E-state index contributed by atoms with van der Waals surface area (Å²) in [6.45, 7) is 1.94. The first kappa shape index (κ1) is 20.0. The zero-order valence-corrected chi connectivity index (χ0v) is 16.1. The van der Waals surface area contributed by atoms with Gasteiger partial charge >= 0.3 is 6.09 Å². The van der Waals surface area contributed by atoms with Crippen LogP contribution in [0.3, 0.4) is 0 Å². The molecule has 2 heterocycles. The standard InChI is InChI=1S/C19H21FN4O3S/c20-16-11-14(24-12-15(27-19(24)26)4-8-22-18(25)28)1-2-17(16)23-9-5-13(3-7-21)6-10-23/h1-3,11,15H,4-6,8-10,12H2,(H2,22,25,28)/t15-/m0/s1. The van der Waals surface area contributed by atoms with Crippen molar-refractivity contribution in [2.75, 3.05) is 36.0 Å². The number of ether oxygens (including phenoxy) is 1. The molecule has 7 nitrogen and oxygen atoms in total. The van der Waals surface area contributed by atoms with Gasteiger partial charge in [-0.3, -0.25) is 9.69 Å². The molecule has 1 aromatic carbocycles. The Morgan fingerprint density at radius 2 is 2.18 bits per heavy atom. The van der Waals surface area contributed by atoms with Crippen LogP contribution in [0.5, 0.6) is 0 Å². The number of rotatable bonds is 5. The molecule has 2 amide bonds. The highest BCUT2D eigenvalue weighted by Gasteiger charge is 2.32. The minimum absolute atomic E-state index is 0.298. The first-order valence-corrected chi connectivity index (χ1v) is 9.49. The molecular weight excluding hydrogens is 383 g/mol. The Bertz CT molecular complexity index is 829. The molecule has 0 bridgehead atoms. The molecule has 2 fully saturated rings. The van der Waals surface area contributed by atoms with E-state index in [0.717, 1.165) is 18.4 Å². The summed E-state index contributed by atoms with van der Waals surface area (Å²) in [4.78, 5) is 26.2. The van der Waals surface area contributed by atoms with Gasteiger partial charge in [-0.05, 0) is 31.0 Å². The molecule has 1 atom stereocenters. The molecule has 2 aliphatic heterocycles. The van der Waals surface area contributed by atoms with E-state index < -0.39 is 17.1 Å². The second-order valence-electron chi connectivity index (χ2n) is 6.69. The van der Waals surface area contributed by atoms with Gasteiger partial charge in [-0.15, -0.1) is 0 Å². The Hall–Kier alpha value is -2.73. The number of hydrogen-bond donors (Lipinski definition) is 2. The van der Waals surface area contributed by atoms with E-state index in [0.29, 0.717) is 44.0 Å². The summed E-state index contributed by atoms with van der Waals surface area (Å²) in [5.74, 6) is -0.399. The molecular formula is C19H21FN4O3S. The number of piperidine rings is 1. The monoisotopic (exact) mass is 404 g/mol. The van der Waals surface area contributed by atoms with Crippen LogP contribution >= 0.6 is 12.6 Å². The number of cyclic esters (lactones) is 1. The van der Waals surface area contributed by atoms with Crippen LogP contribution in [0.4, 0.5) is 25.4 Å². The molecule has 28 heavy (non-hydrogen) atoms. The summed E-state index contributed by atoms with van der Waals surface area (Å²) < 4.78 is 20.0. The summed E-state index contributed by atoms with van der Waals surface area (Å²) in [6, 6.07) is 6.76. The van der Waals surface area contributed by atoms with Crippen LogP contribution in [0.1, 0.15) is 19.3 Å². The normalized spacial score (nSPS) is 19.2. The Labute approximate surface area is 168 Å². The lowest BCUT2D eigenvalue weighted by Crippen LogP contribution is -2.31. The van der Waals surface area contributed by atoms with Crippen LogP contribution in [-0.4, -0.2) is 43.6 Å². The van der Waals surface area contributed by atoms with Crippen LogP contribution in [-0.2, 0) is 4.74 Å². The highest BCUT2D eigenvalue weighted by atomic mass is 32.1. The maximum atomic E-state index is 14.7. The van der Waals surface area contributed by atoms with Crippen molar-refractivity contribution in [2.24, 2.45) is 0 Å². The summed E-state index contributed by atoms with van der Waals surface area (Å²) in [6.07, 6.45) is 2.59. The first-order chi connectivity index (χ1) is 13.5. The van der Waals surface area contributed by atoms with Crippen molar-refractivity contribution in [2.45, 2.75) is 25.4 Å². The van der Waals surface area contributed by atoms with Gasteiger partial charge in [-0.1, -0.05) is 18.2 Å². The molecule has 9 heteroatoms. The van der Waals surface area contributed by atoms with E-state index >= 15 is 0 Å². The number of nitrogens with zero attached hydrogens (tertiary/aromatic N) is 3. The number of benzene rings is 1. The van der Waals surface area contributed by atoms with Crippen molar-refractivity contribution in [1.29, 1.82) is 5.26 Å². The van der Waals surface area contributed by atoms with Gasteiger partial charge in [0.25, 0.3) is 5.24 Å². The fraction of sp³-hybridized carbons (Fsp3) is 0.421. The third kappa shape index (κ3) is 4.75. The predicted octanol–water partition coefficient (Wildman–Crippen LogP) is 3.23.